The highest BCUT2D eigenvalue weighted by molar-refractivity contribution is 5.02. The molecule has 1 rings (SSSR count). The van der Waals surface area contributed by atoms with Crippen LogP contribution < -0.4 is 0 Å². The second-order valence-electron chi connectivity index (χ2n) is 3.67. The molecule has 0 atom stereocenters. The van der Waals surface area contributed by atoms with Crippen LogP contribution >= 0.6 is 0 Å². The number of nitrogens with zero attached hydrogens (tertiary/aromatic N) is 3. The summed E-state index contributed by atoms with van der Waals surface area (Å²) in [6.07, 6.45) is 1.66. The van der Waals surface area contributed by atoms with Crippen LogP contribution in [0.1, 0.15) is 46.1 Å². The van der Waals surface area contributed by atoms with Crippen LogP contribution in [0.25, 0.3) is 0 Å². The third-order valence-corrected chi connectivity index (χ3v) is 1.35. The van der Waals surface area contributed by atoms with E-state index in [1.165, 1.54) is 0 Å². The van der Waals surface area contributed by atoms with Gasteiger partial charge in [-0.15, -0.1) is 5.10 Å². The van der Waals surface area contributed by atoms with E-state index in [2.05, 4.69) is 36.0 Å². The fraction of sp³-hybridized carbons (Fsp3) is 0.700. The summed E-state index contributed by atoms with van der Waals surface area (Å²) in [7, 11) is 0. The predicted molar refractivity (Wildman–Crippen MR) is 54.6 cm³/mol. The first-order valence-corrected chi connectivity index (χ1v) is 4.67. The highest BCUT2D eigenvalue weighted by Gasteiger charge is 2.17. The molecule has 3 nitrogen and oxygen atoms in total. The molecule has 0 radical (unpaired) electrons. The third-order valence-electron chi connectivity index (χ3n) is 1.35. The van der Waals surface area contributed by atoms with E-state index in [4.69, 9.17) is 0 Å². The van der Waals surface area contributed by atoms with Crippen LogP contribution in [0, 0.1) is 6.92 Å². The topological polar surface area (TPSA) is 38.7 Å². The van der Waals surface area contributed by atoms with Crippen LogP contribution in [0.3, 0.4) is 0 Å². The van der Waals surface area contributed by atoms with Gasteiger partial charge in [-0.05, 0) is 6.92 Å². The lowest BCUT2D eigenvalue weighted by Crippen LogP contribution is -2.17. The van der Waals surface area contributed by atoms with Gasteiger partial charge in [0.15, 0.2) is 5.82 Å². The zero-order valence-electron chi connectivity index (χ0n) is 9.42. The van der Waals surface area contributed by atoms with Crippen molar-refractivity contribution in [1.29, 1.82) is 0 Å². The summed E-state index contributed by atoms with van der Waals surface area (Å²) in [5, 5.41) is 7.79. The van der Waals surface area contributed by atoms with Crippen molar-refractivity contribution in [3.8, 4) is 0 Å². The second kappa shape index (κ2) is 4.90. The van der Waals surface area contributed by atoms with Crippen molar-refractivity contribution < 1.29 is 0 Å². The van der Waals surface area contributed by atoms with Gasteiger partial charge in [-0.1, -0.05) is 34.6 Å². The normalized spacial score (nSPS) is 10.3. The van der Waals surface area contributed by atoms with E-state index in [0.717, 1.165) is 11.5 Å². The quantitative estimate of drug-likeness (QED) is 0.617. The van der Waals surface area contributed by atoms with Crippen molar-refractivity contribution in [1.82, 2.24) is 15.2 Å². The van der Waals surface area contributed by atoms with Gasteiger partial charge in [0.1, 0.15) is 0 Å². The van der Waals surface area contributed by atoms with E-state index in [0.29, 0.717) is 0 Å². The lowest BCUT2D eigenvalue weighted by atomic mass is 9.96. The van der Waals surface area contributed by atoms with E-state index in [-0.39, 0.29) is 5.41 Å². The molecule has 0 fully saturated rings. The molecule has 0 unspecified atom stereocenters. The molecular weight excluding hydrogens is 162 g/mol. The number of hydrogen-bond acceptors (Lipinski definition) is 3. The van der Waals surface area contributed by atoms with E-state index in [9.17, 15) is 0 Å². The van der Waals surface area contributed by atoms with Crippen LogP contribution in [0.15, 0.2) is 6.20 Å². The fourth-order valence-corrected chi connectivity index (χ4v) is 0.703. The molecule has 0 saturated carbocycles. The maximum atomic E-state index is 4.27. The molecule has 0 aliphatic carbocycles. The Kier molecular flexibility index (Phi) is 4.52. The molecule has 13 heavy (non-hydrogen) atoms. The molecule has 0 amide bonds. The standard InChI is InChI=1S/C8H13N3.C2H6/c1-6-5-9-11-7(10-6)8(2,3)4;1-2/h5H,1-4H3;1-2H3. The Morgan fingerprint density at radius 1 is 1.15 bits per heavy atom. The molecule has 1 aromatic rings. The number of rotatable bonds is 0. The molecule has 1 aromatic heterocycles. The molecule has 0 bridgehead atoms. The summed E-state index contributed by atoms with van der Waals surface area (Å²) in [5.41, 5.74) is 0.920. The van der Waals surface area contributed by atoms with Crippen LogP contribution in [-0.2, 0) is 5.41 Å². The molecule has 0 aliphatic rings. The molecule has 0 aromatic carbocycles. The van der Waals surface area contributed by atoms with Crippen LogP contribution in [0.5, 0.6) is 0 Å². The van der Waals surface area contributed by atoms with E-state index in [1.807, 2.05) is 20.8 Å². The monoisotopic (exact) mass is 181 g/mol. The Morgan fingerprint density at radius 3 is 2.00 bits per heavy atom. The summed E-state index contributed by atoms with van der Waals surface area (Å²) in [6, 6.07) is 0. The molecule has 0 saturated heterocycles. The number of aryl methyl sites for hydroxylation is 1. The minimum atomic E-state index is -0.000972. The highest BCUT2D eigenvalue weighted by atomic mass is 15.1. The average molecular weight is 181 g/mol. The molecule has 3 heteroatoms. The van der Waals surface area contributed by atoms with Gasteiger partial charge in [-0.3, -0.25) is 0 Å². The third kappa shape index (κ3) is 3.97. The molecule has 74 valence electrons. The minimum Gasteiger partial charge on any atom is -0.234 e. The predicted octanol–water partition coefficient (Wildman–Crippen LogP) is 2.50. The first kappa shape index (κ1) is 12.0. The van der Waals surface area contributed by atoms with Crippen LogP contribution in [0.2, 0.25) is 0 Å². The van der Waals surface area contributed by atoms with Gasteiger partial charge in [-0.2, -0.15) is 5.10 Å². The Morgan fingerprint density at radius 2 is 1.69 bits per heavy atom. The molecule has 0 N–H and O–H groups in total. The maximum absolute atomic E-state index is 4.27. The summed E-state index contributed by atoms with van der Waals surface area (Å²) < 4.78 is 0. The SMILES string of the molecule is CC.Cc1cnnc(C(C)(C)C)n1. The Balaban J connectivity index is 0.000000671. The first-order chi connectivity index (χ1) is 6.00. The first-order valence-electron chi connectivity index (χ1n) is 4.67. The average Bonchev–Trinajstić information content (AvgIpc) is 2.06. The fourth-order valence-electron chi connectivity index (χ4n) is 0.703. The molecule has 0 aliphatic heterocycles. The second-order valence-corrected chi connectivity index (χ2v) is 3.67. The summed E-state index contributed by atoms with van der Waals surface area (Å²) >= 11 is 0. The van der Waals surface area contributed by atoms with E-state index >= 15 is 0 Å². The number of hydrogen-bond donors (Lipinski definition) is 0. The van der Waals surface area contributed by atoms with Crippen molar-refractivity contribution in [3.05, 3.63) is 17.7 Å². The Hall–Kier alpha value is -0.990. The van der Waals surface area contributed by atoms with E-state index in [1.54, 1.807) is 6.20 Å². The molecule has 0 spiro atoms. The highest BCUT2D eigenvalue weighted by Crippen LogP contribution is 2.16. The van der Waals surface area contributed by atoms with Gasteiger partial charge in [0.25, 0.3) is 0 Å². The van der Waals surface area contributed by atoms with Crippen molar-refractivity contribution in [2.24, 2.45) is 0 Å². The van der Waals surface area contributed by atoms with Crippen molar-refractivity contribution in [2.45, 2.75) is 47.0 Å². The van der Waals surface area contributed by atoms with Gasteiger partial charge < -0.3 is 0 Å². The summed E-state index contributed by atoms with van der Waals surface area (Å²) in [5.74, 6) is 0.803. The molecular formula is C10H19N3. The van der Waals surface area contributed by atoms with Crippen LogP contribution in [0.4, 0.5) is 0 Å². The van der Waals surface area contributed by atoms with Crippen molar-refractivity contribution >= 4 is 0 Å². The van der Waals surface area contributed by atoms with Gasteiger partial charge in [0, 0.05) is 5.41 Å². The summed E-state index contributed by atoms with van der Waals surface area (Å²) in [4.78, 5) is 4.27. The lowest BCUT2D eigenvalue weighted by molar-refractivity contribution is 0.530. The van der Waals surface area contributed by atoms with E-state index < -0.39 is 0 Å². The zero-order chi connectivity index (χ0) is 10.5. The zero-order valence-corrected chi connectivity index (χ0v) is 9.42. The molecule has 1 heterocycles. The van der Waals surface area contributed by atoms with Crippen LogP contribution in [-0.4, -0.2) is 15.2 Å². The smallest absolute Gasteiger partial charge is 0.156 e. The van der Waals surface area contributed by atoms with Crippen molar-refractivity contribution in [2.75, 3.05) is 0 Å². The number of aromatic nitrogens is 3. The van der Waals surface area contributed by atoms with Crippen molar-refractivity contribution in [3.63, 3.8) is 0 Å². The van der Waals surface area contributed by atoms with Gasteiger partial charge in [0.05, 0.1) is 11.9 Å². The lowest BCUT2D eigenvalue weighted by Gasteiger charge is -2.14. The maximum Gasteiger partial charge on any atom is 0.156 e. The Labute approximate surface area is 80.6 Å². The summed E-state index contributed by atoms with van der Waals surface area (Å²) in [6.45, 7) is 12.1. The van der Waals surface area contributed by atoms with Gasteiger partial charge in [-0.25, -0.2) is 4.98 Å². The van der Waals surface area contributed by atoms with Gasteiger partial charge in [0.2, 0.25) is 0 Å². The minimum absolute atomic E-state index is 0.000972. The largest absolute Gasteiger partial charge is 0.234 e. The Bertz CT molecular complexity index is 251. The van der Waals surface area contributed by atoms with Gasteiger partial charge >= 0.3 is 0 Å².